The number of thiol groups is 2. The van der Waals surface area contributed by atoms with Gasteiger partial charge in [-0.25, -0.2) is 9.78 Å². The summed E-state index contributed by atoms with van der Waals surface area (Å²) in [4.78, 5) is 53.5. The van der Waals surface area contributed by atoms with E-state index in [1.54, 1.807) is 0 Å². The van der Waals surface area contributed by atoms with E-state index >= 15 is 0 Å². The zero-order valence-corrected chi connectivity index (χ0v) is 16.0. The van der Waals surface area contributed by atoms with Crippen LogP contribution in [0, 0.1) is 0 Å². The maximum atomic E-state index is 12.1. The van der Waals surface area contributed by atoms with E-state index in [9.17, 15) is 24.3 Å². The molecule has 1 heterocycles. The van der Waals surface area contributed by atoms with Gasteiger partial charge >= 0.3 is 5.97 Å². The van der Waals surface area contributed by atoms with Gasteiger partial charge < -0.3 is 31.8 Å². The van der Waals surface area contributed by atoms with E-state index in [1.165, 1.54) is 12.5 Å². The van der Waals surface area contributed by atoms with E-state index in [2.05, 4.69) is 51.2 Å². The monoisotopic (exact) mass is 418 g/mol. The number of aliphatic carboxylic acids is 1. The van der Waals surface area contributed by atoms with Crippen molar-refractivity contribution in [2.45, 2.75) is 24.5 Å². The van der Waals surface area contributed by atoms with E-state index in [0.29, 0.717) is 5.69 Å². The van der Waals surface area contributed by atoms with Crippen LogP contribution in [0.5, 0.6) is 0 Å². The minimum Gasteiger partial charge on any atom is -0.480 e. The smallest absolute Gasteiger partial charge is 0.326 e. The number of amides is 3. The number of H-pyrrole nitrogens is 1. The third-order valence-electron chi connectivity index (χ3n) is 3.38. The van der Waals surface area contributed by atoms with Gasteiger partial charge in [0.15, 0.2) is 0 Å². The van der Waals surface area contributed by atoms with Crippen LogP contribution in [0.2, 0.25) is 0 Å². The van der Waals surface area contributed by atoms with Crippen molar-refractivity contribution in [1.82, 2.24) is 25.9 Å². The lowest BCUT2D eigenvalue weighted by Crippen LogP contribution is -2.54. The van der Waals surface area contributed by atoms with Gasteiger partial charge in [0, 0.05) is 29.8 Å². The molecular weight excluding hydrogens is 396 g/mol. The Morgan fingerprint density at radius 1 is 1.15 bits per heavy atom. The number of aromatic amines is 1. The van der Waals surface area contributed by atoms with Crippen LogP contribution in [0.1, 0.15) is 5.69 Å². The summed E-state index contributed by atoms with van der Waals surface area (Å²) in [5.41, 5.74) is 6.04. The van der Waals surface area contributed by atoms with Gasteiger partial charge in [-0.15, -0.1) is 0 Å². The van der Waals surface area contributed by atoms with E-state index in [-0.39, 0.29) is 17.9 Å². The van der Waals surface area contributed by atoms with Gasteiger partial charge in [-0.05, 0) is 0 Å². The Labute approximate surface area is 166 Å². The fourth-order valence-electron chi connectivity index (χ4n) is 1.91. The second-order valence-electron chi connectivity index (χ2n) is 5.49. The lowest BCUT2D eigenvalue weighted by molar-refractivity contribution is -0.141. The lowest BCUT2D eigenvalue weighted by Gasteiger charge is -2.19. The summed E-state index contributed by atoms with van der Waals surface area (Å²) < 4.78 is 0. The Kier molecular flexibility index (Phi) is 9.67. The maximum Gasteiger partial charge on any atom is 0.326 e. The fraction of sp³-hybridized carbons (Fsp3) is 0.500. The van der Waals surface area contributed by atoms with Crippen LogP contribution >= 0.6 is 25.3 Å². The van der Waals surface area contributed by atoms with E-state index in [1.807, 2.05) is 0 Å². The Morgan fingerprint density at radius 2 is 1.85 bits per heavy atom. The average Bonchev–Trinajstić information content (AvgIpc) is 3.15. The van der Waals surface area contributed by atoms with Crippen LogP contribution in [-0.4, -0.2) is 74.9 Å². The summed E-state index contributed by atoms with van der Waals surface area (Å²) in [6.45, 7) is -0.468. The van der Waals surface area contributed by atoms with Gasteiger partial charge in [0.05, 0.1) is 18.9 Å². The molecule has 3 amide bonds. The highest BCUT2D eigenvalue weighted by Crippen LogP contribution is 1.99. The highest BCUT2D eigenvalue weighted by atomic mass is 32.1. The number of carboxylic acids is 1. The van der Waals surface area contributed by atoms with Crippen LogP contribution in [0.4, 0.5) is 0 Å². The first-order valence-electron chi connectivity index (χ1n) is 7.83. The Hall–Kier alpha value is -2.25. The molecule has 1 rings (SSSR count). The minimum atomic E-state index is -1.23. The molecule has 3 atom stereocenters. The number of carbonyl (C=O) groups excluding carboxylic acids is 3. The van der Waals surface area contributed by atoms with Crippen molar-refractivity contribution in [1.29, 1.82) is 0 Å². The molecule has 3 unspecified atom stereocenters. The Morgan fingerprint density at radius 3 is 2.37 bits per heavy atom. The molecule has 7 N–H and O–H groups in total. The molecular formula is C14H22N6O5S2. The average molecular weight is 419 g/mol. The first kappa shape index (κ1) is 22.8. The lowest BCUT2D eigenvalue weighted by atomic mass is 10.1. The van der Waals surface area contributed by atoms with Crippen molar-refractivity contribution in [3.05, 3.63) is 18.2 Å². The normalized spacial score (nSPS) is 13.9. The number of rotatable bonds is 11. The van der Waals surface area contributed by atoms with E-state index in [0.717, 1.165) is 0 Å². The van der Waals surface area contributed by atoms with Crippen LogP contribution < -0.4 is 21.7 Å². The van der Waals surface area contributed by atoms with Crippen molar-refractivity contribution in [3.8, 4) is 0 Å². The van der Waals surface area contributed by atoms with Crippen molar-refractivity contribution >= 4 is 48.9 Å². The molecule has 0 aliphatic carbocycles. The topological polar surface area (TPSA) is 179 Å². The minimum absolute atomic E-state index is 0.00591. The van der Waals surface area contributed by atoms with Crippen LogP contribution in [0.3, 0.4) is 0 Å². The highest BCUT2D eigenvalue weighted by molar-refractivity contribution is 7.80. The molecule has 1 aromatic rings. The molecule has 0 saturated carbocycles. The summed E-state index contributed by atoms with van der Waals surface area (Å²) in [7, 11) is 0. The standard InChI is InChI=1S/C14H22N6O5S2/c15-8(4-26)12(22)20-10(5-27)13(23)17-3-11(21)19-9(14(24)25)1-7-2-16-6-18-7/h2,6,8-10,26-27H,1,3-5,15H2,(H,16,18)(H,17,23)(H,19,21)(H,20,22)(H,24,25). The predicted molar refractivity (Wildman–Crippen MR) is 102 cm³/mol. The van der Waals surface area contributed by atoms with Crippen molar-refractivity contribution in [2.75, 3.05) is 18.1 Å². The van der Waals surface area contributed by atoms with Gasteiger partial charge in [0.25, 0.3) is 0 Å². The number of nitrogens with two attached hydrogens (primary N) is 1. The third kappa shape index (κ3) is 7.88. The quantitative estimate of drug-likeness (QED) is 0.180. The summed E-state index contributed by atoms with van der Waals surface area (Å²) in [6, 6.07) is -3.07. The van der Waals surface area contributed by atoms with Gasteiger partial charge in [0.2, 0.25) is 17.7 Å². The van der Waals surface area contributed by atoms with Crippen LogP contribution in [0.25, 0.3) is 0 Å². The molecule has 0 bridgehead atoms. The third-order valence-corrected chi connectivity index (χ3v) is 4.14. The first-order valence-corrected chi connectivity index (χ1v) is 9.09. The Bertz CT molecular complexity index is 656. The van der Waals surface area contributed by atoms with Gasteiger partial charge in [-0.2, -0.15) is 25.3 Å². The van der Waals surface area contributed by atoms with Crippen molar-refractivity contribution in [2.24, 2.45) is 5.73 Å². The molecule has 0 aliphatic rings. The summed E-state index contributed by atoms with van der Waals surface area (Å²) in [6.07, 6.45) is 2.84. The number of imidazole rings is 1. The Balaban J connectivity index is 2.51. The predicted octanol–water partition coefficient (Wildman–Crippen LogP) is -2.69. The number of carbonyl (C=O) groups is 4. The number of nitrogens with zero attached hydrogens (tertiary/aromatic N) is 1. The number of carboxylic acid groups (broad SMARTS) is 1. The highest BCUT2D eigenvalue weighted by Gasteiger charge is 2.24. The number of nitrogens with one attached hydrogen (secondary N) is 4. The SMILES string of the molecule is NC(CS)C(=O)NC(CS)C(=O)NCC(=O)NC(Cc1cnc[nH]1)C(=O)O. The molecule has 0 spiro atoms. The van der Waals surface area contributed by atoms with Gasteiger partial charge in [-0.3, -0.25) is 14.4 Å². The van der Waals surface area contributed by atoms with E-state index < -0.39 is 48.4 Å². The first-order chi connectivity index (χ1) is 12.8. The number of aromatic nitrogens is 2. The summed E-state index contributed by atoms with van der Waals surface area (Å²) in [5.74, 6) is -3.08. The fourth-order valence-corrected chi connectivity index (χ4v) is 2.33. The van der Waals surface area contributed by atoms with Gasteiger partial charge in [0.1, 0.15) is 12.1 Å². The van der Waals surface area contributed by atoms with E-state index in [4.69, 9.17) is 5.73 Å². The number of hydrogen-bond acceptors (Lipinski definition) is 8. The molecule has 13 heteroatoms. The molecule has 1 aromatic heterocycles. The molecule has 0 saturated heterocycles. The summed E-state index contributed by atoms with van der Waals surface area (Å²) >= 11 is 7.87. The molecule has 0 aliphatic heterocycles. The second-order valence-corrected chi connectivity index (χ2v) is 6.22. The zero-order chi connectivity index (χ0) is 20.4. The number of hydrogen-bond donors (Lipinski definition) is 8. The van der Waals surface area contributed by atoms with Gasteiger partial charge in [-0.1, -0.05) is 0 Å². The molecule has 0 radical (unpaired) electrons. The summed E-state index contributed by atoms with van der Waals surface area (Å²) in [5, 5.41) is 16.2. The van der Waals surface area contributed by atoms with Crippen LogP contribution in [0.15, 0.2) is 12.5 Å². The van der Waals surface area contributed by atoms with Crippen molar-refractivity contribution < 1.29 is 24.3 Å². The second kappa shape index (κ2) is 11.5. The molecule has 27 heavy (non-hydrogen) atoms. The largest absolute Gasteiger partial charge is 0.480 e. The maximum absolute atomic E-state index is 12.1. The molecule has 0 aromatic carbocycles. The molecule has 11 nitrogen and oxygen atoms in total. The van der Waals surface area contributed by atoms with Crippen LogP contribution in [-0.2, 0) is 25.6 Å². The molecule has 150 valence electrons. The van der Waals surface area contributed by atoms with Crippen molar-refractivity contribution in [3.63, 3.8) is 0 Å². The zero-order valence-electron chi connectivity index (χ0n) is 14.2. The molecule has 0 fully saturated rings.